The van der Waals surface area contributed by atoms with E-state index in [1.807, 2.05) is 4.90 Å². The third kappa shape index (κ3) is 5.26. The maximum atomic E-state index is 13.1. The Morgan fingerprint density at radius 2 is 1.70 bits per heavy atom. The Kier molecular flexibility index (Phi) is 6.52. The van der Waals surface area contributed by atoms with E-state index in [1.165, 1.54) is 55.0 Å². The highest BCUT2D eigenvalue weighted by Gasteiger charge is 2.27. The predicted molar refractivity (Wildman–Crippen MR) is 124 cm³/mol. The van der Waals surface area contributed by atoms with Crippen LogP contribution in [-0.4, -0.2) is 60.5 Å². The molecular formula is C22H26FN5O4S. The molecule has 1 unspecified atom stereocenters. The zero-order chi connectivity index (χ0) is 23.4. The fourth-order valence-electron chi connectivity index (χ4n) is 3.53. The zero-order valence-electron chi connectivity index (χ0n) is 17.5. The number of anilines is 2. The normalized spacial score (nSPS) is 15.2. The van der Waals surface area contributed by atoms with E-state index in [0.29, 0.717) is 31.7 Å². The maximum absolute atomic E-state index is 13.1. The average Bonchev–Trinajstić information content (AvgIpc) is 2.84. The number of halogens is 1. The van der Waals surface area contributed by atoms with Crippen molar-refractivity contribution >= 4 is 27.4 Å². The van der Waals surface area contributed by atoms with Gasteiger partial charge in [-0.15, -0.1) is 0 Å². The van der Waals surface area contributed by atoms with E-state index in [-0.39, 0.29) is 13.6 Å². The fourth-order valence-corrected chi connectivity index (χ4v) is 4.54. The lowest BCUT2D eigenvalue weighted by Gasteiger charge is -2.37. The first-order valence-electron chi connectivity index (χ1n) is 10.2. The third-order valence-electron chi connectivity index (χ3n) is 5.34. The van der Waals surface area contributed by atoms with Crippen molar-refractivity contribution in [2.45, 2.75) is 11.0 Å². The number of amides is 1. The van der Waals surface area contributed by atoms with E-state index < -0.39 is 27.9 Å². The van der Waals surface area contributed by atoms with Gasteiger partial charge in [0.2, 0.25) is 0 Å². The molecule has 4 rings (SSSR count). The number of piperazine rings is 1. The predicted octanol–water partition coefficient (Wildman–Crippen LogP) is 2.29. The second-order valence-corrected chi connectivity index (χ2v) is 9.14. The van der Waals surface area contributed by atoms with Crippen molar-refractivity contribution in [3.05, 3.63) is 78.5 Å². The van der Waals surface area contributed by atoms with Gasteiger partial charge in [0.1, 0.15) is 18.0 Å². The number of hydrogen-bond acceptors (Lipinski definition) is 7. The summed E-state index contributed by atoms with van der Waals surface area (Å²) in [6, 6.07) is 13.1. The molecular weight excluding hydrogens is 449 g/mol. The van der Waals surface area contributed by atoms with Gasteiger partial charge in [-0.1, -0.05) is 12.1 Å². The summed E-state index contributed by atoms with van der Waals surface area (Å²) in [6.07, 6.45) is 1.35. The van der Waals surface area contributed by atoms with Crippen molar-refractivity contribution in [3.63, 3.8) is 0 Å². The van der Waals surface area contributed by atoms with Crippen molar-refractivity contribution in [3.8, 4) is 0 Å². The van der Waals surface area contributed by atoms with Crippen molar-refractivity contribution in [2.75, 3.05) is 35.8 Å². The standard InChI is InChI=1S/C22H22FN5O4S.2H2/c23-17-3-1-16(2-4-17)21(29)22(30)28-13-11-27(12-14-28)18-5-7-19(8-6-18)33(31,32)26-20-9-10-24-15-25-20;;/h1-10,15,21,29H,11-14H2,(H,24,25,26);2*1H. The number of aromatic nitrogens is 2. The number of rotatable bonds is 6. The molecule has 0 saturated carbocycles. The number of carbonyl (C=O) groups excluding carboxylic acids is 1. The second kappa shape index (κ2) is 9.51. The molecule has 0 radical (unpaired) electrons. The van der Waals surface area contributed by atoms with Gasteiger partial charge in [0.25, 0.3) is 15.9 Å². The first kappa shape index (κ1) is 22.6. The fraction of sp³-hybridized carbons (Fsp3) is 0.227. The molecule has 2 N–H and O–H groups in total. The third-order valence-corrected chi connectivity index (χ3v) is 6.71. The monoisotopic (exact) mass is 475 g/mol. The minimum atomic E-state index is -3.78. The molecule has 176 valence electrons. The van der Waals surface area contributed by atoms with Gasteiger partial charge in [-0.25, -0.2) is 22.8 Å². The molecule has 3 aromatic rings. The number of aliphatic hydroxyl groups is 1. The van der Waals surface area contributed by atoms with Gasteiger partial charge in [-0.05, 0) is 48.0 Å². The van der Waals surface area contributed by atoms with E-state index in [4.69, 9.17) is 0 Å². The molecule has 0 bridgehead atoms. The van der Waals surface area contributed by atoms with Crippen LogP contribution in [0.3, 0.4) is 0 Å². The number of sulfonamides is 1. The molecule has 1 aromatic heterocycles. The number of aliphatic hydroxyl groups excluding tert-OH is 1. The molecule has 0 aliphatic carbocycles. The smallest absolute Gasteiger partial charge is 0.263 e. The molecule has 0 spiro atoms. The molecule has 33 heavy (non-hydrogen) atoms. The van der Waals surface area contributed by atoms with Crippen molar-refractivity contribution < 1.29 is 25.6 Å². The van der Waals surface area contributed by atoms with E-state index in [0.717, 1.165) is 5.69 Å². The van der Waals surface area contributed by atoms with Crippen LogP contribution in [0.25, 0.3) is 0 Å². The number of carbonyl (C=O) groups is 1. The molecule has 1 aliphatic heterocycles. The SMILES string of the molecule is O=C(C(O)c1ccc(F)cc1)N1CCN(c2ccc(S(=O)(=O)Nc3ccncn3)cc2)CC1.[HH].[HH]. The molecule has 1 fully saturated rings. The molecule has 2 heterocycles. The topological polar surface area (TPSA) is 116 Å². The average molecular weight is 476 g/mol. The number of nitrogens with one attached hydrogen (secondary N) is 1. The number of nitrogens with zero attached hydrogens (tertiary/aromatic N) is 4. The van der Waals surface area contributed by atoms with Crippen LogP contribution in [-0.2, 0) is 14.8 Å². The van der Waals surface area contributed by atoms with Gasteiger partial charge in [-0.2, -0.15) is 0 Å². The quantitative estimate of drug-likeness (QED) is 0.562. The summed E-state index contributed by atoms with van der Waals surface area (Å²) in [5, 5.41) is 10.3. The second-order valence-electron chi connectivity index (χ2n) is 7.46. The van der Waals surface area contributed by atoms with Gasteiger partial charge >= 0.3 is 0 Å². The van der Waals surface area contributed by atoms with Crippen molar-refractivity contribution in [1.29, 1.82) is 0 Å². The largest absolute Gasteiger partial charge is 0.378 e. The van der Waals surface area contributed by atoms with Gasteiger partial charge < -0.3 is 14.9 Å². The van der Waals surface area contributed by atoms with Crippen LogP contribution in [0.2, 0.25) is 0 Å². The summed E-state index contributed by atoms with van der Waals surface area (Å²) >= 11 is 0. The summed E-state index contributed by atoms with van der Waals surface area (Å²) in [4.78, 5) is 23.9. The summed E-state index contributed by atoms with van der Waals surface area (Å²) < 4.78 is 40.5. The van der Waals surface area contributed by atoms with Crippen LogP contribution in [0, 0.1) is 5.82 Å². The van der Waals surface area contributed by atoms with Gasteiger partial charge in [0.15, 0.2) is 6.10 Å². The highest BCUT2D eigenvalue weighted by molar-refractivity contribution is 7.92. The van der Waals surface area contributed by atoms with Gasteiger partial charge in [0.05, 0.1) is 4.90 Å². The van der Waals surface area contributed by atoms with E-state index in [1.54, 1.807) is 17.0 Å². The molecule has 9 nitrogen and oxygen atoms in total. The first-order chi connectivity index (χ1) is 15.8. The first-order valence-corrected chi connectivity index (χ1v) is 11.7. The van der Waals surface area contributed by atoms with E-state index in [2.05, 4.69) is 14.7 Å². The molecule has 11 heteroatoms. The summed E-state index contributed by atoms with van der Waals surface area (Å²) in [6.45, 7) is 1.83. The highest BCUT2D eigenvalue weighted by atomic mass is 32.2. The minimum absolute atomic E-state index is 0. The number of hydrogen-bond donors (Lipinski definition) is 2. The minimum Gasteiger partial charge on any atom is -0.378 e. The van der Waals surface area contributed by atoms with Crippen LogP contribution in [0.1, 0.15) is 14.5 Å². The van der Waals surface area contributed by atoms with Crippen LogP contribution in [0.15, 0.2) is 72.0 Å². The summed E-state index contributed by atoms with van der Waals surface area (Å²) in [5.74, 6) is -0.688. The van der Waals surface area contributed by atoms with Crippen molar-refractivity contribution in [2.24, 2.45) is 0 Å². The number of benzene rings is 2. The molecule has 1 atom stereocenters. The summed E-state index contributed by atoms with van der Waals surface area (Å²) in [7, 11) is -3.78. The Morgan fingerprint density at radius 3 is 2.30 bits per heavy atom. The van der Waals surface area contributed by atoms with Gasteiger partial charge in [0, 0.05) is 40.9 Å². The van der Waals surface area contributed by atoms with Crippen LogP contribution in [0.4, 0.5) is 15.9 Å². The lowest BCUT2D eigenvalue weighted by atomic mass is 10.1. The van der Waals surface area contributed by atoms with Crippen molar-refractivity contribution in [1.82, 2.24) is 14.9 Å². The van der Waals surface area contributed by atoms with E-state index in [9.17, 15) is 22.7 Å². The van der Waals surface area contributed by atoms with E-state index >= 15 is 0 Å². The maximum Gasteiger partial charge on any atom is 0.263 e. The molecule has 1 aliphatic rings. The lowest BCUT2D eigenvalue weighted by molar-refractivity contribution is -0.140. The highest BCUT2D eigenvalue weighted by Crippen LogP contribution is 2.22. The Balaban J connectivity index is 0.00000216. The molecule has 1 amide bonds. The Morgan fingerprint density at radius 1 is 1.03 bits per heavy atom. The molecule has 2 aromatic carbocycles. The van der Waals surface area contributed by atoms with Crippen LogP contribution in [0.5, 0.6) is 0 Å². The lowest BCUT2D eigenvalue weighted by Crippen LogP contribution is -2.50. The Bertz CT molecular complexity index is 1210. The van der Waals surface area contributed by atoms with Crippen LogP contribution < -0.4 is 9.62 Å². The Labute approximate surface area is 193 Å². The van der Waals surface area contributed by atoms with Gasteiger partial charge in [-0.3, -0.25) is 9.52 Å². The van der Waals surface area contributed by atoms with Crippen LogP contribution >= 0.6 is 0 Å². The summed E-state index contributed by atoms with van der Waals surface area (Å²) in [5.41, 5.74) is 1.17. The Hall–Kier alpha value is -3.57. The zero-order valence-corrected chi connectivity index (χ0v) is 18.3. The molecule has 1 saturated heterocycles.